The molecule has 2 aliphatic heterocycles. The minimum absolute atomic E-state index is 0.0949. The van der Waals surface area contributed by atoms with E-state index in [2.05, 4.69) is 161 Å². The van der Waals surface area contributed by atoms with Crippen LogP contribution in [0, 0.1) is 0 Å². The molecule has 2 nitrogen and oxygen atoms in total. The third-order valence-corrected chi connectivity index (χ3v) is 14.7. The average Bonchev–Trinajstić information content (AvgIpc) is 4.05. The van der Waals surface area contributed by atoms with E-state index < -0.39 is 0 Å². The van der Waals surface area contributed by atoms with Crippen molar-refractivity contribution in [2.75, 3.05) is 9.80 Å². The monoisotopic (exact) mass is 704 g/mol. The van der Waals surface area contributed by atoms with Gasteiger partial charge >= 0.3 is 0 Å². The molecule has 0 N–H and O–H groups in total. The van der Waals surface area contributed by atoms with Crippen LogP contribution in [-0.4, -0.2) is 6.71 Å². The Morgan fingerprint density at radius 2 is 0.873 bits per heavy atom. The molecule has 4 aliphatic carbocycles. The summed E-state index contributed by atoms with van der Waals surface area (Å²) in [4.78, 5) is 5.23. The Morgan fingerprint density at radius 3 is 1.60 bits per heavy atom. The summed E-state index contributed by atoms with van der Waals surface area (Å²) in [5.74, 6) is 0. The SMILES string of the molecule is c1ccc(N2c3ccccc3B3c4c2cccc4N(c2cccc4c2-c2ccccc2C42CCCC2)c2ccc4c(c23)-c2ccccc2C42CCCC2)cc1. The van der Waals surface area contributed by atoms with Crippen molar-refractivity contribution in [3.05, 3.63) is 174 Å². The number of benzene rings is 7. The van der Waals surface area contributed by atoms with Crippen LogP contribution in [-0.2, 0) is 10.8 Å². The highest BCUT2D eigenvalue weighted by atomic mass is 15.2. The lowest BCUT2D eigenvalue weighted by Crippen LogP contribution is -2.62. The molecule has 6 aliphatic rings. The summed E-state index contributed by atoms with van der Waals surface area (Å²) < 4.78 is 0. The van der Waals surface area contributed by atoms with Gasteiger partial charge in [0.15, 0.2) is 0 Å². The lowest BCUT2D eigenvalue weighted by molar-refractivity contribution is 0.550. The van der Waals surface area contributed by atoms with Gasteiger partial charge in [-0.1, -0.05) is 135 Å². The fourth-order valence-corrected chi connectivity index (χ4v) is 12.7. The van der Waals surface area contributed by atoms with E-state index in [0.717, 1.165) is 0 Å². The Morgan fingerprint density at radius 1 is 0.364 bits per heavy atom. The van der Waals surface area contributed by atoms with Gasteiger partial charge in [0.2, 0.25) is 0 Å². The predicted molar refractivity (Wildman–Crippen MR) is 230 cm³/mol. The molecule has 0 radical (unpaired) electrons. The molecule has 0 saturated heterocycles. The molecule has 0 amide bonds. The van der Waals surface area contributed by atoms with Crippen molar-refractivity contribution in [2.24, 2.45) is 0 Å². The van der Waals surface area contributed by atoms with Crippen LogP contribution in [0.5, 0.6) is 0 Å². The number of hydrogen-bond acceptors (Lipinski definition) is 2. The topological polar surface area (TPSA) is 6.48 Å². The maximum Gasteiger partial charge on any atom is 0.252 e. The van der Waals surface area contributed by atoms with E-state index in [4.69, 9.17) is 0 Å². The minimum atomic E-state index is 0.0949. The Balaban J connectivity index is 1.17. The standard InChI is InChI=1S/C52H41BN2/c1-2-16-34(17-3-1)54-42-24-9-8-23-41(42)53-49-44(54)26-15-27-45(49)55(43-25-14-22-39-47(43)35-18-4-6-20-37(35)51(39)30-10-11-31-51)46-29-28-40-48(50(46)53)36-19-5-7-21-38(36)52(40)32-12-13-33-52/h1-9,14-29H,10-13,30-33H2. The van der Waals surface area contributed by atoms with Gasteiger partial charge in [-0.2, -0.15) is 0 Å². The first-order valence-electron chi connectivity index (χ1n) is 20.7. The van der Waals surface area contributed by atoms with E-state index >= 15 is 0 Å². The average molecular weight is 705 g/mol. The van der Waals surface area contributed by atoms with E-state index in [0.29, 0.717) is 0 Å². The van der Waals surface area contributed by atoms with Crippen LogP contribution in [0.2, 0.25) is 0 Å². The largest absolute Gasteiger partial charge is 0.311 e. The molecule has 0 aromatic heterocycles. The van der Waals surface area contributed by atoms with Crippen LogP contribution in [0.25, 0.3) is 22.3 Å². The summed E-state index contributed by atoms with van der Waals surface area (Å²) in [6, 6.07) is 58.6. The quantitative estimate of drug-likeness (QED) is 0.165. The maximum atomic E-state index is 2.70. The molecule has 2 fully saturated rings. The summed E-state index contributed by atoms with van der Waals surface area (Å²) in [7, 11) is 0. The highest BCUT2D eigenvalue weighted by Crippen LogP contribution is 2.62. The summed E-state index contributed by atoms with van der Waals surface area (Å²) in [6.45, 7) is 0.0957. The van der Waals surface area contributed by atoms with E-state index in [-0.39, 0.29) is 17.5 Å². The second-order valence-corrected chi connectivity index (χ2v) is 17.0. The molecule has 2 spiro atoms. The third-order valence-electron chi connectivity index (χ3n) is 14.7. The van der Waals surface area contributed by atoms with Crippen LogP contribution in [0.15, 0.2) is 152 Å². The van der Waals surface area contributed by atoms with Crippen LogP contribution < -0.4 is 26.2 Å². The van der Waals surface area contributed by atoms with E-state index in [1.807, 2.05) is 0 Å². The molecule has 262 valence electrons. The Labute approximate surface area is 324 Å². The zero-order valence-electron chi connectivity index (χ0n) is 31.1. The Hall–Kier alpha value is -5.80. The highest BCUT2D eigenvalue weighted by molar-refractivity contribution is 7.01. The smallest absolute Gasteiger partial charge is 0.252 e. The third kappa shape index (κ3) is 3.73. The van der Waals surface area contributed by atoms with Crippen molar-refractivity contribution in [1.82, 2.24) is 0 Å². The summed E-state index contributed by atoms with van der Waals surface area (Å²) >= 11 is 0. The zero-order valence-corrected chi connectivity index (χ0v) is 31.1. The number of para-hydroxylation sites is 2. The zero-order chi connectivity index (χ0) is 35.9. The normalized spacial score (nSPS) is 18.1. The van der Waals surface area contributed by atoms with Crippen LogP contribution in [0.4, 0.5) is 34.1 Å². The van der Waals surface area contributed by atoms with E-state index in [1.165, 1.54) is 135 Å². The molecule has 7 aromatic carbocycles. The number of fused-ring (bicyclic) bond motifs is 15. The predicted octanol–water partition coefficient (Wildman–Crippen LogP) is 11.5. The van der Waals surface area contributed by atoms with Gasteiger partial charge < -0.3 is 9.80 Å². The van der Waals surface area contributed by atoms with Gasteiger partial charge in [-0.25, -0.2) is 0 Å². The number of anilines is 6. The van der Waals surface area contributed by atoms with Gasteiger partial charge in [-0.05, 0) is 123 Å². The van der Waals surface area contributed by atoms with Gasteiger partial charge in [0.05, 0.1) is 5.69 Å². The van der Waals surface area contributed by atoms with Crippen molar-refractivity contribution in [3.8, 4) is 22.3 Å². The van der Waals surface area contributed by atoms with Crippen molar-refractivity contribution >= 4 is 57.2 Å². The van der Waals surface area contributed by atoms with Gasteiger partial charge in [0, 0.05) is 44.8 Å². The number of nitrogens with zero attached hydrogens (tertiary/aromatic N) is 2. The molecule has 55 heavy (non-hydrogen) atoms. The molecule has 2 saturated carbocycles. The van der Waals surface area contributed by atoms with E-state index in [1.54, 1.807) is 11.1 Å². The van der Waals surface area contributed by atoms with Crippen LogP contribution >= 0.6 is 0 Å². The summed E-state index contributed by atoms with van der Waals surface area (Å²) in [5.41, 5.74) is 24.2. The lowest BCUT2D eigenvalue weighted by Gasteiger charge is -2.45. The fourth-order valence-electron chi connectivity index (χ4n) is 12.7. The first-order valence-corrected chi connectivity index (χ1v) is 20.7. The molecule has 3 heteroatoms. The van der Waals surface area contributed by atoms with Gasteiger partial charge in [-0.15, -0.1) is 0 Å². The van der Waals surface area contributed by atoms with Gasteiger partial charge in [0.25, 0.3) is 6.71 Å². The molecule has 13 rings (SSSR count). The molecule has 2 heterocycles. The molecule has 0 unspecified atom stereocenters. The number of rotatable bonds is 2. The van der Waals surface area contributed by atoms with Crippen molar-refractivity contribution in [2.45, 2.75) is 62.2 Å². The molecular weight excluding hydrogens is 663 g/mol. The first-order chi connectivity index (χ1) is 27.3. The minimum Gasteiger partial charge on any atom is -0.311 e. The Bertz CT molecular complexity index is 2750. The second kappa shape index (κ2) is 10.9. The van der Waals surface area contributed by atoms with Gasteiger partial charge in [0.1, 0.15) is 0 Å². The maximum absolute atomic E-state index is 2.70. The molecule has 7 aromatic rings. The molecule has 0 bridgehead atoms. The van der Waals surface area contributed by atoms with Crippen LogP contribution in [0.1, 0.15) is 73.6 Å². The molecule has 0 atom stereocenters. The van der Waals surface area contributed by atoms with Crippen molar-refractivity contribution in [1.29, 1.82) is 0 Å². The fraction of sp³-hybridized carbons (Fsp3) is 0.192. The highest BCUT2D eigenvalue weighted by Gasteiger charge is 2.52. The number of hydrogen-bond donors (Lipinski definition) is 0. The second-order valence-electron chi connectivity index (χ2n) is 17.0. The van der Waals surface area contributed by atoms with Gasteiger partial charge in [-0.3, -0.25) is 0 Å². The Kier molecular flexibility index (Phi) is 6.06. The molecular formula is C52H41BN2. The van der Waals surface area contributed by atoms with Crippen molar-refractivity contribution in [3.63, 3.8) is 0 Å². The van der Waals surface area contributed by atoms with Crippen molar-refractivity contribution < 1.29 is 0 Å². The summed E-state index contributed by atoms with van der Waals surface area (Å²) in [6.07, 6.45) is 10.1. The lowest BCUT2D eigenvalue weighted by atomic mass is 9.32. The first kappa shape index (κ1) is 30.5. The van der Waals surface area contributed by atoms with Crippen LogP contribution in [0.3, 0.4) is 0 Å². The summed E-state index contributed by atoms with van der Waals surface area (Å²) in [5, 5.41) is 0. The van der Waals surface area contributed by atoms with E-state index in [9.17, 15) is 0 Å².